The number of anilines is 1. The minimum absolute atomic E-state index is 0.0219. The molecule has 0 saturated carbocycles. The summed E-state index contributed by atoms with van der Waals surface area (Å²) in [6.45, 7) is 4.05. The van der Waals surface area contributed by atoms with Crippen molar-refractivity contribution in [1.29, 1.82) is 0 Å². The number of nitrogens with two attached hydrogens (primary N) is 1. The summed E-state index contributed by atoms with van der Waals surface area (Å²) in [5.41, 5.74) is 5.68. The molecule has 4 heteroatoms. The number of hydrogen-bond donors (Lipinski definition) is 2. The van der Waals surface area contributed by atoms with Gasteiger partial charge in [0.25, 0.3) is 5.91 Å². The third kappa shape index (κ3) is 3.09. The maximum Gasteiger partial charge on any atom is 0.251 e. The lowest BCUT2D eigenvalue weighted by atomic mass is 10.2. The van der Waals surface area contributed by atoms with Crippen LogP contribution in [0.3, 0.4) is 0 Å². The van der Waals surface area contributed by atoms with Crippen LogP contribution in [0, 0.1) is 5.82 Å². The van der Waals surface area contributed by atoms with Crippen molar-refractivity contribution in [2.75, 3.05) is 12.3 Å². The van der Waals surface area contributed by atoms with E-state index in [2.05, 4.69) is 11.9 Å². The number of benzene rings is 1. The van der Waals surface area contributed by atoms with Crippen molar-refractivity contribution in [3.05, 3.63) is 42.2 Å². The van der Waals surface area contributed by atoms with Crippen LogP contribution in [0.25, 0.3) is 0 Å². The van der Waals surface area contributed by atoms with Gasteiger partial charge in [0.1, 0.15) is 5.82 Å². The van der Waals surface area contributed by atoms with Gasteiger partial charge in [0.15, 0.2) is 0 Å². The van der Waals surface area contributed by atoms with E-state index in [0.717, 1.165) is 0 Å². The summed E-state index contributed by atoms with van der Waals surface area (Å²) in [7, 11) is 0. The van der Waals surface area contributed by atoms with E-state index in [-0.39, 0.29) is 11.6 Å². The van der Waals surface area contributed by atoms with Gasteiger partial charge < -0.3 is 11.1 Å². The van der Waals surface area contributed by atoms with Gasteiger partial charge in [-0.1, -0.05) is 6.08 Å². The molecule has 0 aromatic heterocycles. The quantitative estimate of drug-likeness (QED) is 0.449. The lowest BCUT2D eigenvalue weighted by Crippen LogP contribution is -2.24. The molecule has 0 fully saturated rings. The molecule has 0 aliphatic rings. The highest BCUT2D eigenvalue weighted by atomic mass is 19.1. The molecule has 80 valence electrons. The molecule has 0 aliphatic heterocycles. The summed E-state index contributed by atoms with van der Waals surface area (Å²) >= 11 is 0. The molecule has 15 heavy (non-hydrogen) atoms. The summed E-state index contributed by atoms with van der Waals surface area (Å²) in [5.74, 6) is -0.777. The number of rotatable bonds is 4. The van der Waals surface area contributed by atoms with E-state index < -0.39 is 5.82 Å². The van der Waals surface area contributed by atoms with Crippen LogP contribution in [0.2, 0.25) is 0 Å². The molecule has 3 N–H and O–H groups in total. The van der Waals surface area contributed by atoms with Crippen LogP contribution >= 0.6 is 0 Å². The van der Waals surface area contributed by atoms with Crippen molar-refractivity contribution in [1.82, 2.24) is 5.32 Å². The fourth-order valence-electron chi connectivity index (χ4n) is 1.07. The third-order valence-corrected chi connectivity index (χ3v) is 1.89. The molecule has 0 aliphatic carbocycles. The topological polar surface area (TPSA) is 55.1 Å². The van der Waals surface area contributed by atoms with Gasteiger partial charge in [-0.15, -0.1) is 6.58 Å². The van der Waals surface area contributed by atoms with Gasteiger partial charge in [-0.2, -0.15) is 0 Å². The minimum Gasteiger partial charge on any atom is -0.396 e. The molecule has 0 atom stereocenters. The second-order valence-electron chi connectivity index (χ2n) is 3.07. The van der Waals surface area contributed by atoms with E-state index in [4.69, 9.17) is 5.73 Å². The van der Waals surface area contributed by atoms with Crippen molar-refractivity contribution in [2.24, 2.45) is 0 Å². The van der Waals surface area contributed by atoms with E-state index in [9.17, 15) is 9.18 Å². The number of halogens is 1. The molecule has 0 heterocycles. The zero-order chi connectivity index (χ0) is 11.3. The molecule has 1 amide bonds. The second kappa shape index (κ2) is 5.14. The van der Waals surface area contributed by atoms with Crippen molar-refractivity contribution in [2.45, 2.75) is 6.42 Å². The zero-order valence-electron chi connectivity index (χ0n) is 8.29. The summed E-state index contributed by atoms with van der Waals surface area (Å²) in [6.07, 6.45) is 2.40. The second-order valence-corrected chi connectivity index (χ2v) is 3.07. The van der Waals surface area contributed by atoms with Crippen molar-refractivity contribution < 1.29 is 9.18 Å². The Morgan fingerprint density at radius 3 is 2.93 bits per heavy atom. The first-order valence-electron chi connectivity index (χ1n) is 4.59. The first-order chi connectivity index (χ1) is 7.15. The van der Waals surface area contributed by atoms with Gasteiger partial charge in [-0.3, -0.25) is 4.79 Å². The van der Waals surface area contributed by atoms with Crippen molar-refractivity contribution in [3.63, 3.8) is 0 Å². The molecular weight excluding hydrogens is 195 g/mol. The highest BCUT2D eigenvalue weighted by Crippen LogP contribution is 2.11. The lowest BCUT2D eigenvalue weighted by molar-refractivity contribution is 0.0954. The number of nitrogens with one attached hydrogen (secondary N) is 1. The Morgan fingerprint density at radius 1 is 1.60 bits per heavy atom. The SMILES string of the molecule is C=CCCNC(=O)c1ccc(F)c(N)c1. The van der Waals surface area contributed by atoms with Gasteiger partial charge in [0, 0.05) is 12.1 Å². The smallest absolute Gasteiger partial charge is 0.251 e. The molecule has 0 saturated heterocycles. The maximum absolute atomic E-state index is 12.8. The number of amides is 1. The molecule has 3 nitrogen and oxygen atoms in total. The van der Waals surface area contributed by atoms with Gasteiger partial charge in [0.2, 0.25) is 0 Å². The van der Waals surface area contributed by atoms with Gasteiger partial charge >= 0.3 is 0 Å². The van der Waals surface area contributed by atoms with Crippen LogP contribution < -0.4 is 11.1 Å². The number of nitrogen functional groups attached to an aromatic ring is 1. The average molecular weight is 208 g/mol. The van der Waals surface area contributed by atoms with E-state index in [0.29, 0.717) is 18.5 Å². The molecule has 1 aromatic carbocycles. The van der Waals surface area contributed by atoms with Crippen LogP contribution in [0.15, 0.2) is 30.9 Å². The maximum atomic E-state index is 12.8. The Kier molecular flexibility index (Phi) is 3.85. The summed E-state index contributed by atoms with van der Waals surface area (Å²) in [4.78, 5) is 11.5. The van der Waals surface area contributed by atoms with Crippen LogP contribution in [0.1, 0.15) is 16.8 Å². The Morgan fingerprint density at radius 2 is 2.33 bits per heavy atom. The summed E-state index contributed by atoms with van der Waals surface area (Å²) in [6, 6.07) is 3.89. The van der Waals surface area contributed by atoms with Crippen molar-refractivity contribution >= 4 is 11.6 Å². The first-order valence-corrected chi connectivity index (χ1v) is 4.59. The number of carbonyl (C=O) groups is 1. The van der Waals surface area contributed by atoms with E-state index in [1.165, 1.54) is 18.2 Å². The normalized spacial score (nSPS) is 9.67. The standard InChI is InChI=1S/C11H13FN2O/c1-2-3-6-14-11(15)8-4-5-9(12)10(13)7-8/h2,4-5,7H,1,3,6,13H2,(H,14,15). The van der Waals surface area contributed by atoms with Gasteiger partial charge in [-0.25, -0.2) is 4.39 Å². The van der Waals surface area contributed by atoms with Crippen LogP contribution in [-0.4, -0.2) is 12.5 Å². The highest BCUT2D eigenvalue weighted by Gasteiger charge is 2.06. The van der Waals surface area contributed by atoms with Crippen LogP contribution in [0.5, 0.6) is 0 Å². The molecule has 0 unspecified atom stereocenters. The largest absolute Gasteiger partial charge is 0.396 e. The highest BCUT2D eigenvalue weighted by molar-refractivity contribution is 5.94. The third-order valence-electron chi connectivity index (χ3n) is 1.89. The Bertz CT molecular complexity index is 377. The Balaban J connectivity index is 2.65. The van der Waals surface area contributed by atoms with E-state index in [1.54, 1.807) is 6.08 Å². The van der Waals surface area contributed by atoms with Crippen LogP contribution in [-0.2, 0) is 0 Å². The average Bonchev–Trinajstić information content (AvgIpc) is 2.22. The lowest BCUT2D eigenvalue weighted by Gasteiger charge is -2.04. The predicted octanol–water partition coefficient (Wildman–Crippen LogP) is 1.71. The summed E-state index contributed by atoms with van der Waals surface area (Å²) < 4.78 is 12.8. The summed E-state index contributed by atoms with van der Waals surface area (Å²) in [5, 5.41) is 2.66. The molecule has 0 bridgehead atoms. The zero-order valence-corrected chi connectivity index (χ0v) is 8.29. The monoisotopic (exact) mass is 208 g/mol. The van der Waals surface area contributed by atoms with Crippen molar-refractivity contribution in [3.8, 4) is 0 Å². The molecular formula is C11H13FN2O. The molecule has 0 radical (unpaired) electrons. The predicted molar refractivity (Wildman–Crippen MR) is 58.0 cm³/mol. The van der Waals surface area contributed by atoms with Gasteiger partial charge in [-0.05, 0) is 24.6 Å². The Hall–Kier alpha value is -1.84. The molecule has 0 spiro atoms. The van der Waals surface area contributed by atoms with Crippen LogP contribution in [0.4, 0.5) is 10.1 Å². The van der Waals surface area contributed by atoms with E-state index >= 15 is 0 Å². The number of carbonyl (C=O) groups excluding carboxylic acids is 1. The minimum atomic E-state index is -0.516. The van der Waals surface area contributed by atoms with Gasteiger partial charge in [0.05, 0.1) is 5.69 Å². The molecule has 1 aromatic rings. The van der Waals surface area contributed by atoms with E-state index in [1.807, 2.05) is 0 Å². The fraction of sp³-hybridized carbons (Fsp3) is 0.182. The first kappa shape index (κ1) is 11.2. The number of hydrogen-bond acceptors (Lipinski definition) is 2. The Labute approximate surface area is 87.8 Å². The fourth-order valence-corrected chi connectivity index (χ4v) is 1.07. The molecule has 1 rings (SSSR count).